The van der Waals surface area contributed by atoms with E-state index in [-0.39, 0.29) is 0 Å². The van der Waals surface area contributed by atoms with Crippen molar-refractivity contribution in [1.29, 1.82) is 0 Å². The number of unbranched alkanes of at least 4 members (excludes halogenated alkanes) is 2. The van der Waals surface area contributed by atoms with Gasteiger partial charge in [0, 0.05) is 60.1 Å². The zero-order valence-electron chi connectivity index (χ0n) is 22.9. The third-order valence-corrected chi connectivity index (χ3v) is 7.84. The number of hydrogen-bond donors (Lipinski definition) is 2. The number of benzene rings is 2. The van der Waals surface area contributed by atoms with E-state index in [4.69, 9.17) is 11.6 Å². The van der Waals surface area contributed by atoms with Crippen LogP contribution in [0.4, 0.5) is 11.4 Å². The van der Waals surface area contributed by atoms with Gasteiger partial charge in [0.25, 0.3) is 0 Å². The molecular formula is C31H42ClN5O. The van der Waals surface area contributed by atoms with Gasteiger partial charge < -0.3 is 20.4 Å². The van der Waals surface area contributed by atoms with E-state index in [1.165, 1.54) is 24.8 Å². The molecule has 1 aliphatic rings. The summed E-state index contributed by atoms with van der Waals surface area (Å²) in [6.07, 6.45) is 8.23. The fraction of sp³-hybridized carbons (Fsp3) is 0.484. The monoisotopic (exact) mass is 535 g/mol. The molecule has 204 valence electrons. The van der Waals surface area contributed by atoms with E-state index in [0.29, 0.717) is 23.4 Å². The lowest BCUT2D eigenvalue weighted by molar-refractivity contribution is -0.130. The number of hydrogen-bond acceptors (Lipinski definition) is 5. The van der Waals surface area contributed by atoms with Crippen molar-refractivity contribution in [1.82, 2.24) is 20.1 Å². The van der Waals surface area contributed by atoms with Crippen LogP contribution in [0.2, 0.25) is 5.02 Å². The third-order valence-electron chi connectivity index (χ3n) is 7.60. The number of nitrogens with zero attached hydrogens (tertiary/aromatic N) is 3. The number of likely N-dealkylation sites (tertiary alicyclic amines) is 1. The van der Waals surface area contributed by atoms with E-state index in [1.54, 1.807) is 6.20 Å². The van der Waals surface area contributed by atoms with Crippen LogP contribution < -0.4 is 10.6 Å². The molecule has 0 aliphatic carbocycles. The van der Waals surface area contributed by atoms with Crippen molar-refractivity contribution in [3.8, 4) is 0 Å². The fourth-order valence-corrected chi connectivity index (χ4v) is 5.40. The number of aromatic nitrogens is 1. The summed E-state index contributed by atoms with van der Waals surface area (Å²) in [7, 11) is 0. The summed E-state index contributed by atoms with van der Waals surface area (Å²) < 4.78 is 0. The van der Waals surface area contributed by atoms with Crippen molar-refractivity contribution in [2.45, 2.75) is 65.0 Å². The molecule has 1 amide bonds. The summed E-state index contributed by atoms with van der Waals surface area (Å²) in [5, 5.41) is 9.02. The van der Waals surface area contributed by atoms with Crippen LogP contribution in [0, 0.1) is 0 Å². The standard InChI is InChI=1S/C31H42ClN5O/c1-3-37(4-2)31(38)8-6-5-7-19-36-20-16-26(17-21-36)34-23-24-9-12-27(13-10-24)35-29-15-18-33-30-22-25(32)11-14-28(29)30/h9-15,18,22,26,34H,3-8,16-17,19-21,23H2,1-2H3,(H,33,35). The van der Waals surface area contributed by atoms with E-state index < -0.39 is 0 Å². The Kier molecular flexibility index (Phi) is 10.8. The minimum atomic E-state index is 0.306. The van der Waals surface area contributed by atoms with Gasteiger partial charge in [0.05, 0.1) is 5.52 Å². The van der Waals surface area contributed by atoms with Crippen LogP contribution in [0.5, 0.6) is 0 Å². The molecular weight excluding hydrogens is 494 g/mol. The molecule has 0 radical (unpaired) electrons. The second kappa shape index (κ2) is 14.5. The molecule has 2 N–H and O–H groups in total. The Morgan fingerprint density at radius 3 is 2.53 bits per heavy atom. The number of fused-ring (bicyclic) bond motifs is 1. The predicted octanol–water partition coefficient (Wildman–Crippen LogP) is 6.61. The highest BCUT2D eigenvalue weighted by atomic mass is 35.5. The van der Waals surface area contributed by atoms with Crippen molar-refractivity contribution < 1.29 is 4.79 Å². The molecule has 1 aromatic heterocycles. The molecule has 2 heterocycles. The lowest BCUT2D eigenvalue weighted by Crippen LogP contribution is -2.42. The predicted molar refractivity (Wildman–Crippen MR) is 159 cm³/mol. The number of nitrogens with one attached hydrogen (secondary N) is 2. The zero-order chi connectivity index (χ0) is 26.7. The number of carbonyl (C=O) groups excluding carboxylic acids is 1. The first-order chi connectivity index (χ1) is 18.6. The Balaban J connectivity index is 1.13. The SMILES string of the molecule is CCN(CC)C(=O)CCCCCN1CCC(NCc2ccc(Nc3ccnc4cc(Cl)ccc34)cc2)CC1. The second-order valence-corrected chi connectivity index (χ2v) is 10.7. The normalized spacial score (nSPS) is 14.6. The second-order valence-electron chi connectivity index (χ2n) is 10.2. The van der Waals surface area contributed by atoms with Crippen LogP contribution in [-0.4, -0.2) is 59.5 Å². The highest BCUT2D eigenvalue weighted by Crippen LogP contribution is 2.27. The average molecular weight is 536 g/mol. The third kappa shape index (κ3) is 8.16. The van der Waals surface area contributed by atoms with E-state index in [2.05, 4.69) is 58.6 Å². The van der Waals surface area contributed by atoms with Crippen molar-refractivity contribution in [3.63, 3.8) is 0 Å². The highest BCUT2D eigenvalue weighted by molar-refractivity contribution is 6.31. The lowest BCUT2D eigenvalue weighted by atomic mass is 10.0. The van der Waals surface area contributed by atoms with Gasteiger partial charge in [-0.25, -0.2) is 0 Å². The summed E-state index contributed by atoms with van der Waals surface area (Å²) >= 11 is 6.12. The average Bonchev–Trinajstić information content (AvgIpc) is 2.94. The Bertz CT molecular complexity index is 1160. The van der Waals surface area contributed by atoms with Gasteiger partial charge in [0.2, 0.25) is 5.91 Å². The van der Waals surface area contributed by atoms with Crippen LogP contribution in [0.15, 0.2) is 54.7 Å². The Morgan fingerprint density at radius 1 is 1.03 bits per heavy atom. The molecule has 6 nitrogen and oxygen atoms in total. The number of amides is 1. The summed E-state index contributed by atoms with van der Waals surface area (Å²) in [6, 6.07) is 17.0. The van der Waals surface area contributed by atoms with Crippen LogP contribution in [0.1, 0.15) is 57.9 Å². The maximum atomic E-state index is 12.1. The number of pyridine rings is 1. The van der Waals surface area contributed by atoms with Crippen molar-refractivity contribution in [2.75, 3.05) is 38.0 Å². The molecule has 0 atom stereocenters. The molecule has 1 saturated heterocycles. The molecule has 1 fully saturated rings. The molecule has 0 bridgehead atoms. The van der Waals surface area contributed by atoms with Crippen LogP contribution in [0.3, 0.4) is 0 Å². The minimum Gasteiger partial charge on any atom is -0.355 e. The first kappa shape index (κ1) is 28.3. The number of piperidine rings is 1. The largest absolute Gasteiger partial charge is 0.355 e. The highest BCUT2D eigenvalue weighted by Gasteiger charge is 2.18. The van der Waals surface area contributed by atoms with Gasteiger partial charge in [-0.2, -0.15) is 0 Å². The van der Waals surface area contributed by atoms with Crippen LogP contribution in [-0.2, 0) is 11.3 Å². The lowest BCUT2D eigenvalue weighted by Gasteiger charge is -2.32. The smallest absolute Gasteiger partial charge is 0.222 e. The van der Waals surface area contributed by atoms with Gasteiger partial charge in [0.1, 0.15) is 0 Å². The summed E-state index contributed by atoms with van der Waals surface area (Å²) in [5.41, 5.74) is 4.26. The Labute approximate surface area is 232 Å². The summed E-state index contributed by atoms with van der Waals surface area (Å²) in [5.74, 6) is 0.306. The van der Waals surface area contributed by atoms with Gasteiger partial charge >= 0.3 is 0 Å². The number of anilines is 2. The van der Waals surface area contributed by atoms with E-state index >= 15 is 0 Å². The molecule has 38 heavy (non-hydrogen) atoms. The Hall–Kier alpha value is -2.67. The topological polar surface area (TPSA) is 60.5 Å². The van der Waals surface area contributed by atoms with Gasteiger partial charge in [-0.3, -0.25) is 9.78 Å². The van der Waals surface area contributed by atoms with Crippen molar-refractivity contribution >= 4 is 39.8 Å². The first-order valence-electron chi connectivity index (χ1n) is 14.2. The van der Waals surface area contributed by atoms with E-state index in [9.17, 15) is 4.79 Å². The molecule has 0 spiro atoms. The van der Waals surface area contributed by atoms with E-state index in [1.807, 2.05) is 29.2 Å². The van der Waals surface area contributed by atoms with Gasteiger partial charge in [-0.1, -0.05) is 30.2 Å². The maximum Gasteiger partial charge on any atom is 0.222 e. The van der Waals surface area contributed by atoms with E-state index in [0.717, 1.165) is 74.4 Å². The molecule has 4 rings (SSSR count). The number of halogens is 1. The number of rotatable bonds is 13. The van der Waals surface area contributed by atoms with Crippen LogP contribution >= 0.6 is 11.6 Å². The molecule has 2 aromatic carbocycles. The van der Waals surface area contributed by atoms with Crippen molar-refractivity contribution in [2.24, 2.45) is 0 Å². The van der Waals surface area contributed by atoms with Gasteiger partial charge in [0.15, 0.2) is 0 Å². The molecule has 7 heteroatoms. The molecule has 1 aliphatic heterocycles. The van der Waals surface area contributed by atoms with Gasteiger partial charge in [-0.05, 0) is 101 Å². The minimum absolute atomic E-state index is 0.306. The van der Waals surface area contributed by atoms with Crippen LogP contribution in [0.25, 0.3) is 10.9 Å². The fourth-order valence-electron chi connectivity index (χ4n) is 5.24. The number of carbonyl (C=O) groups is 1. The summed E-state index contributed by atoms with van der Waals surface area (Å²) in [6.45, 7) is 10.1. The summed E-state index contributed by atoms with van der Waals surface area (Å²) in [4.78, 5) is 21.1. The van der Waals surface area contributed by atoms with Crippen molar-refractivity contribution in [3.05, 3.63) is 65.3 Å². The first-order valence-corrected chi connectivity index (χ1v) is 14.6. The Morgan fingerprint density at radius 2 is 1.79 bits per heavy atom. The van der Waals surface area contributed by atoms with Gasteiger partial charge in [-0.15, -0.1) is 0 Å². The molecule has 0 saturated carbocycles. The maximum absolute atomic E-state index is 12.1. The molecule has 0 unspecified atom stereocenters. The zero-order valence-corrected chi connectivity index (χ0v) is 23.6. The quantitative estimate of drug-likeness (QED) is 0.241. The molecule has 3 aromatic rings.